The van der Waals surface area contributed by atoms with Crippen LogP contribution in [0.4, 0.5) is 10.7 Å². The van der Waals surface area contributed by atoms with Crippen LogP contribution in [0.5, 0.6) is 0 Å². The van der Waals surface area contributed by atoms with Crippen LogP contribution in [-0.4, -0.2) is 57.7 Å². The number of carbonyl (C=O) groups excluding carboxylic acids is 1. The molecule has 1 aromatic heterocycles. The van der Waals surface area contributed by atoms with Crippen molar-refractivity contribution in [2.75, 3.05) is 25.0 Å². The van der Waals surface area contributed by atoms with E-state index in [2.05, 4.69) is 15.0 Å². The highest BCUT2D eigenvalue weighted by molar-refractivity contribution is 6.28. The third-order valence-corrected chi connectivity index (χ3v) is 3.39. The quantitative estimate of drug-likeness (QED) is 0.831. The van der Waals surface area contributed by atoms with Crippen molar-refractivity contribution in [2.24, 2.45) is 0 Å². The van der Waals surface area contributed by atoms with Crippen molar-refractivity contribution in [2.45, 2.75) is 38.8 Å². The Kier molecular flexibility index (Phi) is 4.51. The van der Waals surface area contributed by atoms with E-state index in [1.165, 1.54) is 6.33 Å². The molecule has 116 valence electrons. The molecule has 2 heterocycles. The molecule has 0 N–H and O–H groups in total. The average molecular weight is 314 g/mol. The predicted molar refractivity (Wildman–Crippen MR) is 79.5 cm³/mol. The van der Waals surface area contributed by atoms with E-state index in [1.54, 1.807) is 4.90 Å². The van der Waals surface area contributed by atoms with Gasteiger partial charge in [0.1, 0.15) is 11.9 Å². The van der Waals surface area contributed by atoms with Crippen LogP contribution in [0.15, 0.2) is 6.33 Å². The van der Waals surface area contributed by atoms with Gasteiger partial charge in [0.05, 0.1) is 6.04 Å². The molecule has 1 saturated heterocycles. The van der Waals surface area contributed by atoms with E-state index in [-0.39, 0.29) is 17.4 Å². The second kappa shape index (κ2) is 6.01. The van der Waals surface area contributed by atoms with Crippen molar-refractivity contribution in [1.82, 2.24) is 19.9 Å². The fourth-order valence-corrected chi connectivity index (χ4v) is 2.27. The number of carbonyl (C=O) groups is 1. The number of hydrogen-bond acceptors (Lipinski definition) is 6. The number of anilines is 1. The van der Waals surface area contributed by atoms with Gasteiger partial charge in [-0.25, -0.2) is 14.8 Å². The van der Waals surface area contributed by atoms with Crippen LogP contribution in [0.2, 0.25) is 5.28 Å². The molecule has 0 aliphatic carbocycles. The zero-order valence-electron chi connectivity index (χ0n) is 12.7. The van der Waals surface area contributed by atoms with Crippen LogP contribution in [0, 0.1) is 0 Å². The van der Waals surface area contributed by atoms with Gasteiger partial charge in [0.2, 0.25) is 11.2 Å². The maximum absolute atomic E-state index is 12.0. The van der Waals surface area contributed by atoms with Crippen LogP contribution >= 0.6 is 11.6 Å². The molecule has 1 aliphatic heterocycles. The van der Waals surface area contributed by atoms with Crippen molar-refractivity contribution in [3.8, 4) is 0 Å². The van der Waals surface area contributed by atoms with E-state index < -0.39 is 5.60 Å². The summed E-state index contributed by atoms with van der Waals surface area (Å²) in [5.74, 6) is 0.506. The van der Waals surface area contributed by atoms with Gasteiger partial charge in [-0.3, -0.25) is 0 Å². The number of amides is 1. The molecule has 0 radical (unpaired) electrons. The minimum atomic E-state index is -0.483. The highest BCUT2D eigenvalue weighted by Gasteiger charge is 2.32. The van der Waals surface area contributed by atoms with Crippen molar-refractivity contribution in [1.29, 1.82) is 0 Å². The van der Waals surface area contributed by atoms with Gasteiger partial charge in [0, 0.05) is 20.1 Å². The Morgan fingerprint density at radius 2 is 2.19 bits per heavy atom. The minimum Gasteiger partial charge on any atom is -0.444 e. The lowest BCUT2D eigenvalue weighted by Gasteiger charge is -2.26. The van der Waals surface area contributed by atoms with Crippen molar-refractivity contribution >= 4 is 23.6 Å². The number of aromatic nitrogens is 3. The summed E-state index contributed by atoms with van der Waals surface area (Å²) in [5.41, 5.74) is -0.483. The first-order chi connectivity index (χ1) is 9.76. The number of likely N-dealkylation sites (N-methyl/N-ethyl adjacent to an activating group) is 1. The molecule has 1 atom stereocenters. The van der Waals surface area contributed by atoms with Gasteiger partial charge in [-0.2, -0.15) is 4.98 Å². The molecule has 1 aromatic rings. The van der Waals surface area contributed by atoms with E-state index in [4.69, 9.17) is 16.3 Å². The average Bonchev–Trinajstić information content (AvgIpc) is 2.85. The molecule has 2 rings (SSSR count). The van der Waals surface area contributed by atoms with Crippen LogP contribution in [0.1, 0.15) is 27.2 Å². The maximum atomic E-state index is 12.0. The van der Waals surface area contributed by atoms with Crippen molar-refractivity contribution < 1.29 is 9.53 Å². The zero-order chi connectivity index (χ0) is 15.6. The Labute approximate surface area is 129 Å². The molecule has 8 heteroatoms. The Balaban J connectivity index is 1.97. The third-order valence-electron chi connectivity index (χ3n) is 3.21. The lowest BCUT2D eigenvalue weighted by molar-refractivity contribution is 0.0292. The van der Waals surface area contributed by atoms with Gasteiger partial charge in [-0.1, -0.05) is 0 Å². The summed E-state index contributed by atoms with van der Waals surface area (Å²) in [6.07, 6.45) is 1.92. The summed E-state index contributed by atoms with van der Waals surface area (Å²) in [4.78, 5) is 27.6. The molecule has 0 bridgehead atoms. The second-order valence-corrected chi connectivity index (χ2v) is 6.37. The minimum absolute atomic E-state index is 0.135. The molecule has 0 aromatic carbocycles. The van der Waals surface area contributed by atoms with Crippen LogP contribution in [0.25, 0.3) is 0 Å². The normalized spacial score (nSPS) is 18.7. The van der Waals surface area contributed by atoms with E-state index in [9.17, 15) is 4.79 Å². The van der Waals surface area contributed by atoms with E-state index in [1.807, 2.05) is 32.7 Å². The molecular weight excluding hydrogens is 294 g/mol. The number of hydrogen-bond donors (Lipinski definition) is 0. The van der Waals surface area contributed by atoms with Crippen molar-refractivity contribution in [3.63, 3.8) is 0 Å². The number of rotatable bonds is 2. The highest BCUT2D eigenvalue weighted by atomic mass is 35.5. The highest BCUT2D eigenvalue weighted by Crippen LogP contribution is 2.20. The van der Waals surface area contributed by atoms with Crippen LogP contribution in [0.3, 0.4) is 0 Å². The third kappa shape index (κ3) is 4.17. The molecule has 1 fully saturated rings. The maximum Gasteiger partial charge on any atom is 0.410 e. The number of likely N-dealkylation sites (tertiary alicyclic amines) is 1. The Morgan fingerprint density at radius 1 is 1.48 bits per heavy atom. The van der Waals surface area contributed by atoms with Crippen LogP contribution in [-0.2, 0) is 4.74 Å². The van der Waals surface area contributed by atoms with Gasteiger partial charge < -0.3 is 14.5 Å². The molecule has 7 nitrogen and oxygen atoms in total. The summed E-state index contributed by atoms with van der Waals surface area (Å²) >= 11 is 5.77. The summed E-state index contributed by atoms with van der Waals surface area (Å²) in [6.45, 7) is 6.81. The molecule has 1 amide bonds. The standard InChI is InChI=1S/C13H20ClN5O2/c1-13(2,3)21-12(20)19-6-5-9(7-19)18(4)11-16-8-15-10(14)17-11/h8-9H,5-7H2,1-4H3. The number of nitrogens with zero attached hydrogens (tertiary/aromatic N) is 5. The van der Waals surface area contributed by atoms with E-state index in [0.717, 1.165) is 6.42 Å². The first-order valence-electron chi connectivity index (χ1n) is 6.81. The molecule has 1 aliphatic rings. The topological polar surface area (TPSA) is 71.5 Å². The second-order valence-electron chi connectivity index (χ2n) is 6.03. The molecule has 0 spiro atoms. The summed E-state index contributed by atoms with van der Waals surface area (Å²) in [7, 11) is 1.88. The summed E-state index contributed by atoms with van der Waals surface area (Å²) in [6, 6.07) is 0.135. The van der Waals surface area contributed by atoms with Gasteiger partial charge in [-0.15, -0.1) is 0 Å². The van der Waals surface area contributed by atoms with E-state index >= 15 is 0 Å². The van der Waals surface area contributed by atoms with Gasteiger partial charge >= 0.3 is 6.09 Å². The lowest BCUT2D eigenvalue weighted by Crippen LogP contribution is -2.39. The predicted octanol–water partition coefficient (Wildman–Crippen LogP) is 1.97. The zero-order valence-corrected chi connectivity index (χ0v) is 13.5. The van der Waals surface area contributed by atoms with Gasteiger partial charge in [0.25, 0.3) is 0 Å². The first-order valence-corrected chi connectivity index (χ1v) is 7.19. The monoisotopic (exact) mass is 313 g/mol. The summed E-state index contributed by atoms with van der Waals surface area (Å²) < 4.78 is 5.38. The molecule has 21 heavy (non-hydrogen) atoms. The van der Waals surface area contributed by atoms with E-state index in [0.29, 0.717) is 19.0 Å². The number of halogens is 1. The van der Waals surface area contributed by atoms with Gasteiger partial charge in [0.15, 0.2) is 0 Å². The molecular formula is C13H20ClN5O2. The van der Waals surface area contributed by atoms with Crippen LogP contribution < -0.4 is 4.90 Å². The van der Waals surface area contributed by atoms with Gasteiger partial charge in [-0.05, 0) is 38.8 Å². The molecule has 1 unspecified atom stereocenters. The fraction of sp³-hybridized carbons (Fsp3) is 0.692. The Bertz CT molecular complexity index is 520. The number of ether oxygens (including phenoxy) is 1. The smallest absolute Gasteiger partial charge is 0.410 e. The molecule has 0 saturated carbocycles. The van der Waals surface area contributed by atoms with Crippen molar-refractivity contribution in [3.05, 3.63) is 11.6 Å². The first kappa shape index (κ1) is 15.8. The SMILES string of the molecule is CN(c1ncnc(Cl)n1)C1CCN(C(=O)OC(C)(C)C)C1. The lowest BCUT2D eigenvalue weighted by atomic mass is 10.2. The Morgan fingerprint density at radius 3 is 2.81 bits per heavy atom. The Hall–Kier alpha value is -1.63. The summed E-state index contributed by atoms with van der Waals surface area (Å²) in [5, 5.41) is 0.161. The largest absolute Gasteiger partial charge is 0.444 e. The fourth-order valence-electron chi connectivity index (χ4n) is 2.15.